The molecule has 2 unspecified atom stereocenters. The topological polar surface area (TPSA) is 113 Å². The minimum Gasteiger partial charge on any atom is -0.772 e. The van der Waals surface area contributed by atoms with E-state index in [0.717, 1.165) is 5.39 Å². The Morgan fingerprint density at radius 3 is 2.52 bits per heavy atom. The maximum atomic E-state index is 12.1. The van der Waals surface area contributed by atoms with Crippen molar-refractivity contribution < 1.29 is 23.5 Å². The van der Waals surface area contributed by atoms with E-state index in [1.165, 1.54) is 18.2 Å². The summed E-state index contributed by atoms with van der Waals surface area (Å²) in [6.45, 7) is -0.233. The van der Waals surface area contributed by atoms with Crippen molar-refractivity contribution in [2.45, 2.75) is 5.25 Å². The Labute approximate surface area is 157 Å². The third kappa shape index (κ3) is 3.97. The van der Waals surface area contributed by atoms with Gasteiger partial charge in [0.1, 0.15) is 12.4 Å². The van der Waals surface area contributed by atoms with E-state index in [-0.39, 0.29) is 30.2 Å². The number of rotatable bonds is 7. The predicted octanol–water partition coefficient (Wildman–Crippen LogP) is 3.09. The second-order valence-corrected chi connectivity index (χ2v) is 6.75. The molecule has 0 fully saturated rings. The van der Waals surface area contributed by atoms with E-state index in [2.05, 4.69) is 0 Å². The molecule has 27 heavy (non-hydrogen) atoms. The molecule has 0 amide bonds. The summed E-state index contributed by atoms with van der Waals surface area (Å²) in [5.41, 5.74) is 0.150. The maximum Gasteiger partial charge on any atom is 0.274 e. The van der Waals surface area contributed by atoms with Crippen LogP contribution in [0.25, 0.3) is 10.8 Å². The highest BCUT2D eigenvalue weighted by molar-refractivity contribution is 7.79. The Balaban J connectivity index is 2.22. The van der Waals surface area contributed by atoms with Gasteiger partial charge in [-0.15, -0.1) is 0 Å². The average Bonchev–Trinajstić information content (AvgIpc) is 2.66. The number of aliphatic hydroxyl groups excluding tert-OH is 1. The lowest BCUT2D eigenvalue weighted by molar-refractivity contribution is -0.385. The first kappa shape index (κ1) is 19.0. The largest absolute Gasteiger partial charge is 0.772 e. The molecule has 2 atom stereocenters. The van der Waals surface area contributed by atoms with Crippen molar-refractivity contribution in [2.75, 3.05) is 13.2 Å². The highest BCUT2D eigenvalue weighted by Crippen LogP contribution is 2.38. The zero-order chi connectivity index (χ0) is 19.4. The highest BCUT2D eigenvalue weighted by atomic mass is 32.2. The molecule has 0 aliphatic carbocycles. The highest BCUT2D eigenvalue weighted by Gasteiger charge is 2.26. The predicted molar refractivity (Wildman–Crippen MR) is 100 cm³/mol. The van der Waals surface area contributed by atoms with Gasteiger partial charge in [0.15, 0.2) is 0 Å². The smallest absolute Gasteiger partial charge is 0.274 e. The van der Waals surface area contributed by atoms with Gasteiger partial charge in [0.2, 0.25) is 0 Å². The van der Waals surface area contributed by atoms with E-state index in [0.29, 0.717) is 10.9 Å². The molecule has 0 heterocycles. The van der Waals surface area contributed by atoms with Crippen molar-refractivity contribution >= 4 is 27.5 Å². The molecule has 0 aromatic heterocycles. The van der Waals surface area contributed by atoms with Gasteiger partial charge in [-0.3, -0.25) is 14.3 Å². The summed E-state index contributed by atoms with van der Waals surface area (Å²) in [6.07, 6.45) is 0. The number of hydrogen-bond acceptors (Lipinski definition) is 6. The van der Waals surface area contributed by atoms with Crippen LogP contribution < -0.4 is 4.74 Å². The molecule has 0 radical (unpaired) electrons. The van der Waals surface area contributed by atoms with Crippen molar-refractivity contribution in [3.05, 3.63) is 81.9 Å². The molecule has 3 aromatic rings. The zero-order valence-corrected chi connectivity index (χ0v) is 14.9. The number of aliphatic hydroxyl groups is 1. The van der Waals surface area contributed by atoms with E-state index in [1.54, 1.807) is 24.3 Å². The lowest BCUT2D eigenvalue weighted by atomic mass is 9.97. The number of nitrogens with zero attached hydrogens (tertiary/aromatic N) is 1. The van der Waals surface area contributed by atoms with Crippen molar-refractivity contribution in [3.8, 4) is 5.75 Å². The van der Waals surface area contributed by atoms with Gasteiger partial charge in [-0.1, -0.05) is 42.5 Å². The Hall–Kier alpha value is -2.81. The molecule has 140 valence electrons. The molecule has 0 saturated heterocycles. The Kier molecular flexibility index (Phi) is 5.80. The Bertz CT molecular complexity index is 1000. The van der Waals surface area contributed by atoms with Crippen molar-refractivity contribution in [2.24, 2.45) is 0 Å². The van der Waals surface area contributed by atoms with Crippen molar-refractivity contribution in [1.82, 2.24) is 0 Å². The van der Waals surface area contributed by atoms with E-state index < -0.39 is 21.3 Å². The number of fused-ring (bicyclic) bond motifs is 1. The molecule has 8 heteroatoms. The van der Waals surface area contributed by atoms with E-state index in [1.807, 2.05) is 18.2 Å². The lowest BCUT2D eigenvalue weighted by Gasteiger charge is -2.22. The third-order valence-electron chi connectivity index (χ3n) is 4.14. The fraction of sp³-hybridized carbons (Fsp3) is 0.158. The van der Waals surface area contributed by atoms with Crippen LogP contribution >= 0.6 is 0 Å². The van der Waals surface area contributed by atoms with Crippen LogP contribution in [0.2, 0.25) is 0 Å². The summed E-state index contributed by atoms with van der Waals surface area (Å²) in [7, 11) is 0. The molecular formula is C19H16NO6S-. The van der Waals surface area contributed by atoms with Crippen LogP contribution in [0.5, 0.6) is 5.75 Å². The molecule has 3 rings (SSSR count). The summed E-state index contributed by atoms with van der Waals surface area (Å²) >= 11 is -2.66. The molecule has 0 saturated carbocycles. The molecule has 3 aromatic carbocycles. The fourth-order valence-corrected chi connectivity index (χ4v) is 3.83. The Morgan fingerprint density at radius 2 is 1.81 bits per heavy atom. The second kappa shape index (κ2) is 8.26. The quantitative estimate of drug-likeness (QED) is 0.379. The van der Waals surface area contributed by atoms with E-state index >= 15 is 0 Å². The van der Waals surface area contributed by atoms with Crippen LogP contribution in [0.15, 0.2) is 60.7 Å². The molecule has 0 bridgehead atoms. The fourth-order valence-electron chi connectivity index (χ4n) is 3.02. The molecule has 0 aliphatic rings. The van der Waals surface area contributed by atoms with Gasteiger partial charge in [-0.2, -0.15) is 0 Å². The Morgan fingerprint density at radius 1 is 1.07 bits per heavy atom. The van der Waals surface area contributed by atoms with Crippen LogP contribution in [0, 0.1) is 10.1 Å². The zero-order valence-electron chi connectivity index (χ0n) is 14.1. The van der Waals surface area contributed by atoms with Crippen LogP contribution in [-0.2, 0) is 11.1 Å². The second-order valence-electron chi connectivity index (χ2n) is 5.76. The molecule has 7 nitrogen and oxygen atoms in total. The van der Waals surface area contributed by atoms with Crippen molar-refractivity contribution in [1.29, 1.82) is 0 Å². The van der Waals surface area contributed by atoms with Crippen LogP contribution in [0.4, 0.5) is 5.69 Å². The van der Waals surface area contributed by atoms with Gasteiger partial charge in [0.05, 0.1) is 22.3 Å². The summed E-state index contributed by atoms with van der Waals surface area (Å²) in [4.78, 5) is 10.9. The summed E-state index contributed by atoms with van der Waals surface area (Å²) < 4.78 is 29.6. The van der Waals surface area contributed by atoms with Gasteiger partial charge >= 0.3 is 0 Å². The first-order chi connectivity index (χ1) is 13.0. The summed E-state index contributed by atoms with van der Waals surface area (Å²) in [6, 6.07) is 16.4. The summed E-state index contributed by atoms with van der Waals surface area (Å²) in [5, 5.41) is 20.7. The number of ether oxygens (including phenoxy) is 1. The molecule has 0 spiro atoms. The van der Waals surface area contributed by atoms with Crippen LogP contribution in [0.3, 0.4) is 0 Å². The van der Waals surface area contributed by atoms with Gasteiger partial charge in [-0.25, -0.2) is 0 Å². The minimum atomic E-state index is -2.66. The number of hydrogen-bond donors (Lipinski definition) is 1. The average molecular weight is 386 g/mol. The first-order valence-corrected chi connectivity index (χ1v) is 9.24. The van der Waals surface area contributed by atoms with Crippen LogP contribution in [-0.4, -0.2) is 32.0 Å². The van der Waals surface area contributed by atoms with Crippen LogP contribution in [0.1, 0.15) is 16.4 Å². The monoisotopic (exact) mass is 386 g/mol. The normalized spacial score (nSPS) is 13.3. The van der Waals surface area contributed by atoms with E-state index in [4.69, 9.17) is 9.84 Å². The van der Waals surface area contributed by atoms with Gasteiger partial charge in [0, 0.05) is 6.07 Å². The molecule has 0 aliphatic heterocycles. The SMILES string of the molecule is O=[N+]([O-])c1ccc(OCCO)cc1C(c1cccc2ccccc12)S(=O)[O-]. The third-order valence-corrected chi connectivity index (χ3v) is 5.03. The standard InChI is InChI=1S/C19H17NO6S/c21-10-11-26-14-8-9-18(20(22)23)17(12-14)19(27(24)25)16-7-3-5-13-4-1-2-6-15(13)16/h1-9,12,19,21H,10-11H2,(H,24,25)/p-1. The van der Waals surface area contributed by atoms with Gasteiger partial charge in [0.25, 0.3) is 5.69 Å². The lowest BCUT2D eigenvalue weighted by Crippen LogP contribution is -2.11. The van der Waals surface area contributed by atoms with Gasteiger partial charge < -0.3 is 14.4 Å². The van der Waals surface area contributed by atoms with E-state index in [9.17, 15) is 18.9 Å². The minimum absolute atomic E-state index is 0.00332. The molecular weight excluding hydrogens is 370 g/mol. The first-order valence-electron chi connectivity index (χ1n) is 8.10. The van der Waals surface area contributed by atoms with Gasteiger partial charge in [-0.05, 0) is 39.5 Å². The number of nitro benzene ring substituents is 1. The van der Waals surface area contributed by atoms with Crippen molar-refractivity contribution in [3.63, 3.8) is 0 Å². The summed E-state index contributed by atoms with van der Waals surface area (Å²) in [5.74, 6) is 0.250. The number of benzene rings is 3. The maximum absolute atomic E-state index is 12.1. The number of nitro groups is 1. The molecule has 1 N–H and O–H groups in total.